The van der Waals surface area contributed by atoms with Crippen LogP contribution in [0.2, 0.25) is 0 Å². The highest BCUT2D eigenvalue weighted by Gasteiger charge is 2.27. The minimum atomic E-state index is -0.725. The third-order valence-electron chi connectivity index (χ3n) is 3.42. The lowest BCUT2D eigenvalue weighted by Gasteiger charge is -2.04. The standard InChI is InChI=1S/C16H12O4/c17-16-11-3-1-2-4-12(11)20-15(16)8-10-5-6-13-14(7-10)19-9-18-13/h1-8,16-17H,9H2/b15-8-. The molecule has 1 atom stereocenters. The van der Waals surface area contributed by atoms with Gasteiger partial charge in [0.05, 0.1) is 0 Å². The van der Waals surface area contributed by atoms with Crippen molar-refractivity contribution in [1.82, 2.24) is 0 Å². The molecular formula is C16H12O4. The van der Waals surface area contributed by atoms with Gasteiger partial charge in [-0.05, 0) is 29.8 Å². The summed E-state index contributed by atoms with van der Waals surface area (Å²) < 4.78 is 16.3. The Kier molecular flexibility index (Phi) is 2.44. The number of ether oxygens (including phenoxy) is 3. The monoisotopic (exact) mass is 268 g/mol. The Balaban J connectivity index is 1.69. The molecule has 0 aromatic heterocycles. The minimum absolute atomic E-state index is 0.250. The molecule has 100 valence electrons. The zero-order valence-electron chi connectivity index (χ0n) is 10.6. The van der Waals surface area contributed by atoms with Crippen molar-refractivity contribution in [3.8, 4) is 17.2 Å². The van der Waals surface area contributed by atoms with Crippen LogP contribution in [0, 0.1) is 0 Å². The summed E-state index contributed by atoms with van der Waals surface area (Å²) in [5.74, 6) is 2.67. The van der Waals surface area contributed by atoms with Gasteiger partial charge in [-0.1, -0.05) is 24.3 Å². The lowest BCUT2D eigenvalue weighted by molar-refractivity contribution is 0.174. The van der Waals surface area contributed by atoms with Crippen molar-refractivity contribution in [1.29, 1.82) is 0 Å². The van der Waals surface area contributed by atoms with E-state index < -0.39 is 6.10 Å². The van der Waals surface area contributed by atoms with Gasteiger partial charge in [0.15, 0.2) is 11.5 Å². The van der Waals surface area contributed by atoms with Crippen molar-refractivity contribution in [3.05, 3.63) is 59.4 Å². The number of rotatable bonds is 1. The first-order valence-corrected chi connectivity index (χ1v) is 6.37. The van der Waals surface area contributed by atoms with Crippen molar-refractivity contribution >= 4 is 6.08 Å². The molecule has 4 nitrogen and oxygen atoms in total. The average Bonchev–Trinajstić information content (AvgIpc) is 3.05. The summed E-state index contributed by atoms with van der Waals surface area (Å²) in [5, 5.41) is 10.2. The molecule has 2 aliphatic rings. The molecule has 2 aromatic rings. The lowest BCUT2D eigenvalue weighted by Crippen LogP contribution is -1.96. The zero-order chi connectivity index (χ0) is 13.5. The predicted molar refractivity (Wildman–Crippen MR) is 72.6 cm³/mol. The van der Waals surface area contributed by atoms with Crippen molar-refractivity contribution in [2.45, 2.75) is 6.10 Å². The van der Waals surface area contributed by atoms with Crippen LogP contribution in [0.5, 0.6) is 17.2 Å². The molecule has 0 saturated carbocycles. The first-order valence-electron chi connectivity index (χ1n) is 6.37. The first kappa shape index (κ1) is 11.4. The molecule has 0 saturated heterocycles. The number of fused-ring (bicyclic) bond motifs is 2. The van der Waals surface area contributed by atoms with E-state index in [1.54, 1.807) is 0 Å². The van der Waals surface area contributed by atoms with Crippen LogP contribution >= 0.6 is 0 Å². The Morgan fingerprint density at radius 1 is 1.00 bits per heavy atom. The van der Waals surface area contributed by atoms with E-state index in [4.69, 9.17) is 14.2 Å². The van der Waals surface area contributed by atoms with Crippen molar-refractivity contribution in [2.75, 3.05) is 6.79 Å². The Morgan fingerprint density at radius 2 is 1.85 bits per heavy atom. The van der Waals surface area contributed by atoms with Crippen LogP contribution in [-0.4, -0.2) is 11.9 Å². The van der Waals surface area contributed by atoms with E-state index in [0.717, 1.165) is 16.9 Å². The van der Waals surface area contributed by atoms with Crippen LogP contribution in [0.15, 0.2) is 48.2 Å². The van der Waals surface area contributed by atoms with E-state index in [0.29, 0.717) is 17.3 Å². The minimum Gasteiger partial charge on any atom is -0.458 e. The lowest BCUT2D eigenvalue weighted by atomic mass is 10.1. The number of benzene rings is 2. The van der Waals surface area contributed by atoms with Crippen LogP contribution < -0.4 is 14.2 Å². The van der Waals surface area contributed by atoms with Gasteiger partial charge in [-0.3, -0.25) is 0 Å². The van der Waals surface area contributed by atoms with Crippen LogP contribution in [0.3, 0.4) is 0 Å². The fraction of sp³-hybridized carbons (Fsp3) is 0.125. The number of hydrogen-bond acceptors (Lipinski definition) is 4. The van der Waals surface area contributed by atoms with E-state index in [1.165, 1.54) is 0 Å². The maximum Gasteiger partial charge on any atom is 0.231 e. The SMILES string of the molecule is OC1/C(=C/c2ccc3c(c2)OCO3)Oc2ccccc21. The van der Waals surface area contributed by atoms with E-state index in [-0.39, 0.29) is 6.79 Å². The van der Waals surface area contributed by atoms with Gasteiger partial charge in [0.25, 0.3) is 0 Å². The van der Waals surface area contributed by atoms with Gasteiger partial charge in [0.1, 0.15) is 17.6 Å². The number of aliphatic hydroxyl groups is 1. The quantitative estimate of drug-likeness (QED) is 0.864. The summed E-state index contributed by atoms with van der Waals surface area (Å²) in [6, 6.07) is 13.1. The third kappa shape index (κ3) is 1.73. The molecule has 0 fully saturated rings. The van der Waals surface area contributed by atoms with Crippen LogP contribution in [0.4, 0.5) is 0 Å². The second-order valence-electron chi connectivity index (χ2n) is 4.70. The molecule has 2 heterocycles. The summed E-state index contributed by atoms with van der Waals surface area (Å²) in [7, 11) is 0. The molecule has 20 heavy (non-hydrogen) atoms. The highest BCUT2D eigenvalue weighted by atomic mass is 16.7. The highest BCUT2D eigenvalue weighted by Crippen LogP contribution is 2.40. The second-order valence-corrected chi connectivity index (χ2v) is 4.70. The summed E-state index contributed by atoms with van der Waals surface area (Å²) in [6.07, 6.45) is 1.09. The third-order valence-corrected chi connectivity index (χ3v) is 3.42. The summed E-state index contributed by atoms with van der Waals surface area (Å²) >= 11 is 0. The van der Waals surface area contributed by atoms with Gasteiger partial charge in [0, 0.05) is 5.56 Å². The normalized spacial score (nSPS) is 20.9. The zero-order valence-corrected chi connectivity index (χ0v) is 10.6. The van der Waals surface area contributed by atoms with Crippen molar-refractivity contribution < 1.29 is 19.3 Å². The van der Waals surface area contributed by atoms with Crippen LogP contribution in [0.1, 0.15) is 17.2 Å². The summed E-state index contributed by atoms with van der Waals surface area (Å²) in [4.78, 5) is 0. The van der Waals surface area contributed by atoms with E-state index in [9.17, 15) is 5.11 Å². The molecule has 2 aromatic carbocycles. The van der Waals surface area contributed by atoms with E-state index in [1.807, 2.05) is 48.5 Å². The largest absolute Gasteiger partial charge is 0.458 e. The second kappa shape index (κ2) is 4.28. The molecule has 0 aliphatic carbocycles. The molecule has 4 rings (SSSR count). The Bertz CT molecular complexity index is 705. The van der Waals surface area contributed by atoms with Gasteiger partial charge in [-0.25, -0.2) is 0 Å². The summed E-state index contributed by atoms with van der Waals surface area (Å²) in [5.41, 5.74) is 1.69. The molecule has 0 spiro atoms. The molecule has 4 heteroatoms. The number of para-hydroxylation sites is 1. The van der Waals surface area contributed by atoms with E-state index in [2.05, 4.69) is 0 Å². The first-order chi connectivity index (χ1) is 9.81. The van der Waals surface area contributed by atoms with E-state index >= 15 is 0 Å². The molecular weight excluding hydrogens is 256 g/mol. The van der Waals surface area contributed by atoms with Gasteiger partial charge < -0.3 is 19.3 Å². The molecule has 2 aliphatic heterocycles. The molecule has 0 bridgehead atoms. The van der Waals surface area contributed by atoms with Crippen molar-refractivity contribution in [2.24, 2.45) is 0 Å². The highest BCUT2D eigenvalue weighted by molar-refractivity contribution is 5.61. The van der Waals surface area contributed by atoms with Gasteiger partial charge >= 0.3 is 0 Å². The Morgan fingerprint density at radius 3 is 2.75 bits per heavy atom. The van der Waals surface area contributed by atoms with Gasteiger partial charge in [-0.2, -0.15) is 0 Å². The predicted octanol–water partition coefficient (Wildman–Crippen LogP) is 2.88. The average molecular weight is 268 g/mol. The fourth-order valence-corrected chi connectivity index (χ4v) is 2.41. The number of hydrogen-bond donors (Lipinski definition) is 1. The van der Waals surface area contributed by atoms with Crippen molar-refractivity contribution in [3.63, 3.8) is 0 Å². The molecule has 1 N–H and O–H groups in total. The Hall–Kier alpha value is -2.46. The number of aliphatic hydroxyl groups excluding tert-OH is 1. The molecule has 0 amide bonds. The van der Waals surface area contributed by atoms with Gasteiger partial charge in [0.2, 0.25) is 6.79 Å². The smallest absolute Gasteiger partial charge is 0.231 e. The summed E-state index contributed by atoms with van der Waals surface area (Å²) in [6.45, 7) is 0.250. The fourth-order valence-electron chi connectivity index (χ4n) is 2.41. The molecule has 1 unspecified atom stereocenters. The maximum atomic E-state index is 10.2. The van der Waals surface area contributed by atoms with Crippen LogP contribution in [-0.2, 0) is 0 Å². The topological polar surface area (TPSA) is 47.9 Å². The molecule has 0 radical (unpaired) electrons. The maximum absolute atomic E-state index is 10.2. The van der Waals surface area contributed by atoms with Crippen LogP contribution in [0.25, 0.3) is 6.08 Å². The van der Waals surface area contributed by atoms with Gasteiger partial charge in [-0.15, -0.1) is 0 Å². The Labute approximate surface area is 115 Å².